The average Bonchev–Trinajstić information content (AvgIpc) is 2.72. The lowest BCUT2D eigenvalue weighted by atomic mass is 10.0. The first kappa shape index (κ1) is 11.9. The van der Waals surface area contributed by atoms with Gasteiger partial charge in [-0.1, -0.05) is 11.6 Å². The van der Waals surface area contributed by atoms with E-state index < -0.39 is 9.84 Å². The number of rotatable bonds is 1. The van der Waals surface area contributed by atoms with Crippen LogP contribution in [0.3, 0.4) is 0 Å². The molecule has 2 aromatic rings. The molecule has 1 fully saturated rings. The zero-order valence-electron chi connectivity index (χ0n) is 9.58. The molecule has 5 nitrogen and oxygen atoms in total. The molecule has 7 heteroatoms. The molecule has 1 aliphatic rings. The summed E-state index contributed by atoms with van der Waals surface area (Å²) in [6.07, 6.45) is 3.06. The number of hydrogen-bond donors (Lipinski definition) is 0. The summed E-state index contributed by atoms with van der Waals surface area (Å²) in [6, 6.07) is 3.53. The molecule has 0 saturated carbocycles. The van der Waals surface area contributed by atoms with Gasteiger partial charge in [0, 0.05) is 23.2 Å². The van der Waals surface area contributed by atoms with E-state index in [9.17, 15) is 8.42 Å². The lowest BCUT2D eigenvalue weighted by molar-refractivity contribution is 0.534. The van der Waals surface area contributed by atoms with Gasteiger partial charge in [0.05, 0.1) is 11.5 Å². The van der Waals surface area contributed by atoms with Gasteiger partial charge in [-0.3, -0.25) is 4.40 Å². The fraction of sp³-hybridized carbons (Fsp3) is 0.455. The normalized spacial score (nSPS) is 20.3. The summed E-state index contributed by atoms with van der Waals surface area (Å²) in [6.45, 7) is 0. The van der Waals surface area contributed by atoms with Crippen molar-refractivity contribution in [2.45, 2.75) is 18.8 Å². The van der Waals surface area contributed by atoms with E-state index in [-0.39, 0.29) is 17.4 Å². The predicted molar refractivity (Wildman–Crippen MR) is 68.6 cm³/mol. The van der Waals surface area contributed by atoms with E-state index in [1.54, 1.807) is 12.1 Å². The molecule has 0 aromatic carbocycles. The molecule has 0 atom stereocenters. The Morgan fingerprint density at radius 2 is 2.00 bits per heavy atom. The number of nitrogens with zero attached hydrogens (tertiary/aromatic N) is 3. The number of fused-ring (bicyclic) bond motifs is 1. The summed E-state index contributed by atoms with van der Waals surface area (Å²) in [5, 5.41) is 8.86. The Hall–Kier alpha value is -1.14. The van der Waals surface area contributed by atoms with Crippen LogP contribution in [0.1, 0.15) is 24.6 Å². The molecule has 0 bridgehead atoms. The summed E-state index contributed by atoms with van der Waals surface area (Å²) < 4.78 is 24.7. The number of sulfone groups is 1. The van der Waals surface area contributed by atoms with Gasteiger partial charge in [-0.05, 0) is 18.9 Å². The lowest BCUT2D eigenvalue weighted by Gasteiger charge is -2.20. The van der Waals surface area contributed by atoms with Crippen molar-refractivity contribution < 1.29 is 8.42 Å². The molecule has 0 aliphatic carbocycles. The Kier molecular flexibility index (Phi) is 2.79. The summed E-state index contributed by atoms with van der Waals surface area (Å²) in [5.41, 5.74) is 0.700. The van der Waals surface area contributed by atoms with Crippen LogP contribution in [-0.4, -0.2) is 34.5 Å². The van der Waals surface area contributed by atoms with Gasteiger partial charge < -0.3 is 0 Å². The van der Waals surface area contributed by atoms with E-state index in [2.05, 4.69) is 10.2 Å². The highest BCUT2D eigenvalue weighted by molar-refractivity contribution is 7.91. The van der Waals surface area contributed by atoms with E-state index >= 15 is 0 Å². The predicted octanol–water partition coefficient (Wildman–Crippen LogP) is 1.67. The fourth-order valence-corrected chi connectivity index (χ4v) is 3.96. The summed E-state index contributed by atoms with van der Waals surface area (Å²) in [4.78, 5) is 0. The Bertz CT molecular complexity index is 681. The van der Waals surface area contributed by atoms with E-state index in [1.807, 2.05) is 10.6 Å². The Morgan fingerprint density at radius 3 is 2.72 bits per heavy atom. The molecular weight excluding hydrogens is 274 g/mol. The summed E-state index contributed by atoms with van der Waals surface area (Å²) in [7, 11) is -2.85. The van der Waals surface area contributed by atoms with Crippen LogP contribution in [0.5, 0.6) is 0 Å². The van der Waals surface area contributed by atoms with Crippen molar-refractivity contribution in [2.75, 3.05) is 11.5 Å². The maximum absolute atomic E-state index is 11.4. The van der Waals surface area contributed by atoms with Crippen LogP contribution in [0.15, 0.2) is 18.3 Å². The summed E-state index contributed by atoms with van der Waals surface area (Å²) >= 11 is 5.89. The number of hydrogen-bond acceptors (Lipinski definition) is 4. The SMILES string of the molecule is O=S1(=O)CCC(c2nnc3cc(Cl)ccn23)CC1. The van der Waals surface area contributed by atoms with E-state index in [0.717, 1.165) is 5.82 Å². The second-order valence-electron chi connectivity index (χ2n) is 4.56. The fourth-order valence-electron chi connectivity index (χ4n) is 2.31. The highest BCUT2D eigenvalue weighted by Gasteiger charge is 2.27. The second-order valence-corrected chi connectivity index (χ2v) is 7.30. The van der Waals surface area contributed by atoms with Crippen molar-refractivity contribution in [2.24, 2.45) is 0 Å². The molecule has 0 N–H and O–H groups in total. The van der Waals surface area contributed by atoms with E-state index in [0.29, 0.717) is 23.5 Å². The van der Waals surface area contributed by atoms with Crippen molar-refractivity contribution >= 4 is 27.1 Å². The van der Waals surface area contributed by atoms with E-state index in [4.69, 9.17) is 11.6 Å². The smallest absolute Gasteiger partial charge is 0.162 e. The van der Waals surface area contributed by atoms with E-state index in [1.165, 1.54) is 0 Å². The Morgan fingerprint density at radius 1 is 1.28 bits per heavy atom. The zero-order chi connectivity index (χ0) is 12.8. The molecule has 1 saturated heterocycles. The van der Waals surface area contributed by atoms with Crippen LogP contribution in [-0.2, 0) is 9.84 Å². The van der Waals surface area contributed by atoms with Crippen LogP contribution in [0.25, 0.3) is 5.65 Å². The number of pyridine rings is 1. The first-order valence-corrected chi connectivity index (χ1v) is 7.96. The molecule has 0 unspecified atom stereocenters. The minimum absolute atomic E-state index is 0.157. The van der Waals surface area contributed by atoms with Crippen LogP contribution < -0.4 is 0 Å². The first-order valence-electron chi connectivity index (χ1n) is 5.76. The quantitative estimate of drug-likeness (QED) is 0.799. The molecule has 18 heavy (non-hydrogen) atoms. The highest BCUT2D eigenvalue weighted by atomic mass is 35.5. The molecule has 3 heterocycles. The molecule has 0 spiro atoms. The Balaban J connectivity index is 1.96. The van der Waals surface area contributed by atoms with Gasteiger partial charge in [0.15, 0.2) is 5.65 Å². The molecule has 1 aliphatic heterocycles. The van der Waals surface area contributed by atoms with Crippen molar-refractivity contribution in [1.82, 2.24) is 14.6 Å². The topological polar surface area (TPSA) is 64.3 Å². The molecule has 2 aromatic heterocycles. The third-order valence-corrected chi connectivity index (χ3v) is 5.27. The molecular formula is C11H12ClN3O2S. The van der Waals surface area contributed by atoms with Gasteiger partial charge in [0.1, 0.15) is 15.7 Å². The third kappa shape index (κ3) is 2.10. The maximum Gasteiger partial charge on any atom is 0.162 e. The van der Waals surface area contributed by atoms with Crippen molar-refractivity contribution in [1.29, 1.82) is 0 Å². The minimum atomic E-state index is -2.85. The third-order valence-electron chi connectivity index (χ3n) is 3.32. The maximum atomic E-state index is 11.4. The largest absolute Gasteiger partial charge is 0.286 e. The zero-order valence-corrected chi connectivity index (χ0v) is 11.2. The van der Waals surface area contributed by atoms with Crippen LogP contribution in [0.4, 0.5) is 0 Å². The van der Waals surface area contributed by atoms with Crippen molar-refractivity contribution in [3.8, 4) is 0 Å². The molecule has 0 amide bonds. The van der Waals surface area contributed by atoms with Gasteiger partial charge in [0.25, 0.3) is 0 Å². The average molecular weight is 286 g/mol. The standard InChI is InChI=1S/C11H12ClN3O2S/c12-9-1-4-15-10(7-9)13-14-11(15)8-2-5-18(16,17)6-3-8/h1,4,7-8H,2-3,5-6H2. The number of halogens is 1. The summed E-state index contributed by atoms with van der Waals surface area (Å²) in [5.74, 6) is 1.46. The molecule has 0 radical (unpaired) electrons. The van der Waals surface area contributed by atoms with Crippen LogP contribution >= 0.6 is 11.6 Å². The van der Waals surface area contributed by atoms with Gasteiger partial charge in [-0.15, -0.1) is 10.2 Å². The van der Waals surface area contributed by atoms with Gasteiger partial charge in [0.2, 0.25) is 0 Å². The molecule has 96 valence electrons. The van der Waals surface area contributed by atoms with Gasteiger partial charge in [-0.2, -0.15) is 0 Å². The molecule has 3 rings (SSSR count). The lowest BCUT2D eigenvalue weighted by Crippen LogP contribution is -2.23. The van der Waals surface area contributed by atoms with Gasteiger partial charge >= 0.3 is 0 Å². The van der Waals surface area contributed by atoms with Crippen LogP contribution in [0.2, 0.25) is 5.02 Å². The monoisotopic (exact) mass is 285 g/mol. The number of aromatic nitrogens is 3. The Labute approximate surface area is 110 Å². The van der Waals surface area contributed by atoms with Crippen molar-refractivity contribution in [3.05, 3.63) is 29.2 Å². The van der Waals surface area contributed by atoms with Crippen molar-refractivity contribution in [3.63, 3.8) is 0 Å². The van der Waals surface area contributed by atoms with Gasteiger partial charge in [-0.25, -0.2) is 8.42 Å². The first-order chi connectivity index (χ1) is 8.55. The second kappa shape index (κ2) is 4.20. The highest BCUT2D eigenvalue weighted by Crippen LogP contribution is 2.28. The van der Waals surface area contributed by atoms with Crippen LogP contribution in [0, 0.1) is 0 Å². The minimum Gasteiger partial charge on any atom is -0.286 e.